The number of amides is 1. The molecule has 110 valence electrons. The van der Waals surface area contributed by atoms with Gasteiger partial charge in [-0.1, -0.05) is 0 Å². The number of hydrogen-bond donors (Lipinski definition) is 2. The Hall–Kier alpha value is -1.51. The van der Waals surface area contributed by atoms with Crippen molar-refractivity contribution in [3.63, 3.8) is 0 Å². The van der Waals surface area contributed by atoms with Crippen LogP contribution in [0, 0.1) is 0 Å². The Kier molecular flexibility index (Phi) is 4.69. The predicted octanol–water partition coefficient (Wildman–Crippen LogP) is -0.198. The first-order valence-corrected chi connectivity index (χ1v) is 8.11. The predicted molar refractivity (Wildman–Crippen MR) is 73.2 cm³/mol. The molecule has 7 nitrogen and oxygen atoms in total. The van der Waals surface area contributed by atoms with Gasteiger partial charge in [-0.25, -0.2) is 13.4 Å². The summed E-state index contributed by atoms with van der Waals surface area (Å²) in [6.07, 6.45) is 2.72. The fourth-order valence-corrected chi connectivity index (χ4v) is 2.42. The molecule has 2 rings (SSSR count). The molecule has 1 aromatic heterocycles. The topological polar surface area (TPSA) is 97.4 Å². The van der Waals surface area contributed by atoms with Gasteiger partial charge in [-0.3, -0.25) is 4.79 Å². The number of ether oxygens (including phenoxy) is 1. The minimum atomic E-state index is -3.32. The SMILES string of the molecule is CS(=O)(=O)c1ccc(NC(=O)CC2COCCN2)cn1. The summed E-state index contributed by atoms with van der Waals surface area (Å²) in [7, 11) is -3.32. The summed E-state index contributed by atoms with van der Waals surface area (Å²) in [6, 6.07) is 2.89. The summed E-state index contributed by atoms with van der Waals surface area (Å²) < 4.78 is 27.8. The van der Waals surface area contributed by atoms with Crippen molar-refractivity contribution >= 4 is 21.4 Å². The van der Waals surface area contributed by atoms with Gasteiger partial charge in [-0.05, 0) is 12.1 Å². The maximum atomic E-state index is 11.8. The van der Waals surface area contributed by atoms with Gasteiger partial charge in [0.1, 0.15) is 0 Å². The van der Waals surface area contributed by atoms with Crippen molar-refractivity contribution in [1.29, 1.82) is 0 Å². The minimum Gasteiger partial charge on any atom is -0.378 e. The Morgan fingerprint density at radius 1 is 1.55 bits per heavy atom. The summed E-state index contributed by atoms with van der Waals surface area (Å²) in [5.74, 6) is -0.165. The number of aromatic nitrogens is 1. The highest BCUT2D eigenvalue weighted by Gasteiger charge is 2.17. The second kappa shape index (κ2) is 6.29. The van der Waals surface area contributed by atoms with E-state index in [-0.39, 0.29) is 17.0 Å². The van der Waals surface area contributed by atoms with Gasteiger partial charge >= 0.3 is 0 Å². The fourth-order valence-electron chi connectivity index (χ4n) is 1.86. The molecule has 1 unspecified atom stereocenters. The van der Waals surface area contributed by atoms with Crippen LogP contribution in [0.2, 0.25) is 0 Å². The van der Waals surface area contributed by atoms with Gasteiger partial charge in [-0.2, -0.15) is 0 Å². The number of rotatable bonds is 4. The molecule has 1 fully saturated rings. The van der Waals surface area contributed by atoms with Gasteiger partial charge in [-0.15, -0.1) is 0 Å². The van der Waals surface area contributed by atoms with E-state index in [9.17, 15) is 13.2 Å². The molecule has 20 heavy (non-hydrogen) atoms. The smallest absolute Gasteiger partial charge is 0.226 e. The van der Waals surface area contributed by atoms with Crippen molar-refractivity contribution in [1.82, 2.24) is 10.3 Å². The third kappa shape index (κ3) is 4.26. The van der Waals surface area contributed by atoms with E-state index in [0.717, 1.165) is 12.8 Å². The number of pyridine rings is 1. The Balaban J connectivity index is 1.91. The number of hydrogen-bond acceptors (Lipinski definition) is 6. The van der Waals surface area contributed by atoms with E-state index < -0.39 is 9.84 Å². The zero-order valence-electron chi connectivity index (χ0n) is 11.1. The average molecular weight is 299 g/mol. The van der Waals surface area contributed by atoms with Gasteiger partial charge < -0.3 is 15.4 Å². The highest BCUT2D eigenvalue weighted by molar-refractivity contribution is 7.90. The maximum Gasteiger partial charge on any atom is 0.226 e. The second-order valence-corrected chi connectivity index (χ2v) is 6.60. The van der Waals surface area contributed by atoms with Crippen molar-refractivity contribution in [2.45, 2.75) is 17.5 Å². The quantitative estimate of drug-likeness (QED) is 0.799. The third-order valence-electron chi connectivity index (χ3n) is 2.83. The summed E-state index contributed by atoms with van der Waals surface area (Å²) in [5.41, 5.74) is 0.471. The van der Waals surface area contributed by atoms with Crippen molar-refractivity contribution in [2.24, 2.45) is 0 Å². The summed E-state index contributed by atoms with van der Waals surface area (Å²) >= 11 is 0. The Labute approximate surface area is 117 Å². The minimum absolute atomic E-state index is 0.00648. The molecule has 1 saturated heterocycles. The molecular formula is C12H17N3O4S. The first-order chi connectivity index (χ1) is 9.45. The molecule has 8 heteroatoms. The lowest BCUT2D eigenvalue weighted by Crippen LogP contribution is -2.43. The van der Waals surface area contributed by atoms with Crippen LogP contribution in [0.1, 0.15) is 6.42 Å². The first-order valence-electron chi connectivity index (χ1n) is 6.22. The molecule has 0 saturated carbocycles. The van der Waals surface area contributed by atoms with E-state index in [1.165, 1.54) is 18.3 Å². The molecule has 1 atom stereocenters. The zero-order valence-corrected chi connectivity index (χ0v) is 11.9. The van der Waals surface area contributed by atoms with E-state index in [2.05, 4.69) is 15.6 Å². The zero-order chi connectivity index (χ0) is 14.6. The lowest BCUT2D eigenvalue weighted by molar-refractivity contribution is -0.117. The molecule has 0 radical (unpaired) electrons. The molecular weight excluding hydrogens is 282 g/mol. The Bertz CT molecular complexity index is 565. The van der Waals surface area contributed by atoms with Crippen LogP contribution in [0.25, 0.3) is 0 Å². The number of sulfone groups is 1. The van der Waals surface area contributed by atoms with Gasteiger partial charge in [0, 0.05) is 25.3 Å². The summed E-state index contributed by atoms with van der Waals surface area (Å²) in [4.78, 5) is 15.6. The lowest BCUT2D eigenvalue weighted by Gasteiger charge is -2.23. The molecule has 0 aromatic carbocycles. The number of anilines is 1. The number of carbonyl (C=O) groups excluding carboxylic acids is 1. The number of nitrogens with zero attached hydrogens (tertiary/aromatic N) is 1. The van der Waals surface area contributed by atoms with E-state index in [1.54, 1.807) is 0 Å². The van der Waals surface area contributed by atoms with Crippen LogP contribution in [0.15, 0.2) is 23.4 Å². The van der Waals surface area contributed by atoms with Crippen molar-refractivity contribution in [3.05, 3.63) is 18.3 Å². The van der Waals surface area contributed by atoms with Crippen LogP contribution in [0.3, 0.4) is 0 Å². The Morgan fingerprint density at radius 2 is 2.35 bits per heavy atom. The van der Waals surface area contributed by atoms with Crippen LogP contribution in [0.5, 0.6) is 0 Å². The summed E-state index contributed by atoms with van der Waals surface area (Å²) in [6.45, 7) is 1.91. The first kappa shape index (κ1) is 14.9. The van der Waals surface area contributed by atoms with Crippen LogP contribution >= 0.6 is 0 Å². The molecule has 2 N–H and O–H groups in total. The fraction of sp³-hybridized carbons (Fsp3) is 0.500. The van der Waals surface area contributed by atoms with Gasteiger partial charge in [0.15, 0.2) is 14.9 Å². The monoisotopic (exact) mass is 299 g/mol. The number of nitrogens with one attached hydrogen (secondary N) is 2. The van der Waals surface area contributed by atoms with Crippen LogP contribution < -0.4 is 10.6 Å². The van der Waals surface area contributed by atoms with Crippen LogP contribution in [-0.2, 0) is 19.4 Å². The summed E-state index contributed by atoms with van der Waals surface area (Å²) in [5, 5.41) is 5.84. The molecule has 1 aliphatic heterocycles. The normalized spacial score (nSPS) is 19.6. The standard InChI is InChI=1S/C12H17N3O4S/c1-20(17,18)12-3-2-9(7-14-12)15-11(16)6-10-8-19-5-4-13-10/h2-3,7,10,13H,4-6,8H2,1H3,(H,15,16). The number of morpholine rings is 1. The molecule has 1 aromatic rings. The largest absolute Gasteiger partial charge is 0.378 e. The molecule has 2 heterocycles. The lowest BCUT2D eigenvalue weighted by atomic mass is 10.2. The van der Waals surface area contributed by atoms with Gasteiger partial charge in [0.05, 0.1) is 25.1 Å². The molecule has 1 amide bonds. The van der Waals surface area contributed by atoms with Gasteiger partial charge in [0.2, 0.25) is 5.91 Å². The van der Waals surface area contributed by atoms with E-state index in [1.807, 2.05) is 0 Å². The van der Waals surface area contributed by atoms with Crippen molar-refractivity contribution in [2.75, 3.05) is 31.3 Å². The van der Waals surface area contributed by atoms with E-state index in [0.29, 0.717) is 25.3 Å². The molecule has 1 aliphatic rings. The molecule has 0 spiro atoms. The van der Waals surface area contributed by atoms with E-state index in [4.69, 9.17) is 4.74 Å². The van der Waals surface area contributed by atoms with Crippen LogP contribution in [-0.4, -0.2) is 51.4 Å². The van der Waals surface area contributed by atoms with Crippen molar-refractivity contribution in [3.8, 4) is 0 Å². The Morgan fingerprint density at radius 3 is 2.90 bits per heavy atom. The highest BCUT2D eigenvalue weighted by Crippen LogP contribution is 2.11. The average Bonchev–Trinajstić information content (AvgIpc) is 2.39. The van der Waals surface area contributed by atoms with Gasteiger partial charge in [0.25, 0.3) is 0 Å². The molecule has 0 aliphatic carbocycles. The van der Waals surface area contributed by atoms with E-state index >= 15 is 0 Å². The second-order valence-electron chi connectivity index (χ2n) is 4.64. The molecule has 0 bridgehead atoms. The number of carbonyl (C=O) groups is 1. The third-order valence-corrected chi connectivity index (χ3v) is 3.83. The maximum absolute atomic E-state index is 11.8. The highest BCUT2D eigenvalue weighted by atomic mass is 32.2. The van der Waals surface area contributed by atoms with Crippen LogP contribution in [0.4, 0.5) is 5.69 Å². The van der Waals surface area contributed by atoms with Crippen molar-refractivity contribution < 1.29 is 17.9 Å².